The molecule has 2 saturated carbocycles. The summed E-state index contributed by atoms with van der Waals surface area (Å²) in [5.74, 6) is -1.52. The van der Waals surface area contributed by atoms with Crippen LogP contribution >= 0.6 is 0 Å². The van der Waals surface area contributed by atoms with E-state index in [2.05, 4.69) is 59.5 Å². The number of carboxylic acids is 1. The number of Topliss-reactive ketones (excluding diaryl/α,β-unsaturated/α-hetero) is 1. The number of carbonyl (C=O) groups excluding carboxylic acids is 1. The number of carbonyl (C=O) groups is 2. The monoisotopic (exact) mass is 538 g/mol. The van der Waals surface area contributed by atoms with Gasteiger partial charge in [0, 0.05) is 38.4 Å². The summed E-state index contributed by atoms with van der Waals surface area (Å²) in [6.45, 7) is 17.5. The molecule has 3 aliphatic rings. The lowest BCUT2D eigenvalue weighted by Crippen LogP contribution is -2.70. The van der Waals surface area contributed by atoms with Crippen molar-refractivity contribution in [2.45, 2.75) is 95.7 Å². The molecule has 3 aliphatic carbocycles. The molecule has 9 heteroatoms. The molecular formula is C28H46O8Si. The zero-order chi connectivity index (χ0) is 27.9. The van der Waals surface area contributed by atoms with E-state index in [1.807, 2.05) is 0 Å². The van der Waals surface area contributed by atoms with Crippen LogP contribution in [-0.4, -0.2) is 70.8 Å². The predicted molar refractivity (Wildman–Crippen MR) is 143 cm³/mol. The fourth-order valence-electron chi connectivity index (χ4n) is 6.35. The summed E-state index contributed by atoms with van der Waals surface area (Å²) in [6.07, 6.45) is 4.35. The molecule has 0 aromatic heterocycles. The van der Waals surface area contributed by atoms with Crippen molar-refractivity contribution < 1.29 is 38.1 Å². The molecule has 0 bridgehead atoms. The molecule has 0 radical (unpaired) electrons. The van der Waals surface area contributed by atoms with Crippen molar-refractivity contribution in [1.82, 2.24) is 0 Å². The molecule has 5 atom stereocenters. The number of hydrogen-bond donors (Lipinski definition) is 1. The molecule has 0 aliphatic heterocycles. The number of ketones is 1. The third-order valence-corrected chi connectivity index (χ3v) is 14.1. The van der Waals surface area contributed by atoms with Gasteiger partial charge in [-0.3, -0.25) is 9.59 Å². The molecule has 37 heavy (non-hydrogen) atoms. The van der Waals surface area contributed by atoms with E-state index in [1.54, 1.807) is 14.2 Å². The van der Waals surface area contributed by atoms with Crippen LogP contribution in [0.5, 0.6) is 0 Å². The average Bonchev–Trinajstić information content (AvgIpc) is 3.17. The fourth-order valence-corrected chi connectivity index (χ4v) is 7.72. The van der Waals surface area contributed by atoms with Crippen LogP contribution in [0.15, 0.2) is 24.3 Å². The number of methoxy groups -OCH3 is 2. The van der Waals surface area contributed by atoms with Crippen molar-refractivity contribution in [3.63, 3.8) is 0 Å². The normalized spacial score (nSPS) is 34.0. The second kappa shape index (κ2) is 10.7. The summed E-state index contributed by atoms with van der Waals surface area (Å²) in [5, 5.41) is 10.7. The lowest BCUT2D eigenvalue weighted by atomic mass is 9.50. The van der Waals surface area contributed by atoms with Gasteiger partial charge in [-0.25, -0.2) is 0 Å². The highest BCUT2D eigenvalue weighted by molar-refractivity contribution is 6.74. The molecule has 0 unspecified atom stereocenters. The SMILES string of the molecule is C=C1[C@@H](C2(C(=O)O)CCC(=O)CC2)[C@@H](OCOC)[C@H](O[Si](C)(C)C(C)(C)C)[C@@]2(C)C=CC[C@]12OCOC. The minimum absolute atomic E-state index is 0.0217. The first kappa shape index (κ1) is 30.2. The average molecular weight is 539 g/mol. The van der Waals surface area contributed by atoms with Gasteiger partial charge in [-0.15, -0.1) is 0 Å². The van der Waals surface area contributed by atoms with E-state index in [0.29, 0.717) is 12.0 Å². The van der Waals surface area contributed by atoms with Gasteiger partial charge < -0.3 is 28.5 Å². The maximum atomic E-state index is 13.1. The second-order valence-electron chi connectivity index (χ2n) is 12.6. The highest BCUT2D eigenvalue weighted by Gasteiger charge is 2.70. The third kappa shape index (κ3) is 4.92. The molecule has 0 saturated heterocycles. The largest absolute Gasteiger partial charge is 0.481 e. The Morgan fingerprint density at radius 3 is 2.27 bits per heavy atom. The number of carboxylic acid groups (broad SMARTS) is 1. The molecule has 0 aromatic rings. The highest BCUT2D eigenvalue weighted by Crippen LogP contribution is 2.64. The van der Waals surface area contributed by atoms with Gasteiger partial charge in [0.25, 0.3) is 0 Å². The van der Waals surface area contributed by atoms with E-state index in [1.165, 1.54) is 0 Å². The summed E-state index contributed by atoms with van der Waals surface area (Å²) >= 11 is 0. The zero-order valence-corrected chi connectivity index (χ0v) is 24.8. The third-order valence-electron chi connectivity index (χ3n) is 9.60. The molecule has 3 rings (SSSR count). The van der Waals surface area contributed by atoms with Gasteiger partial charge in [0.1, 0.15) is 25.0 Å². The molecule has 210 valence electrons. The number of fused-ring (bicyclic) bond motifs is 1. The van der Waals surface area contributed by atoms with Gasteiger partial charge in [0.2, 0.25) is 0 Å². The first-order chi connectivity index (χ1) is 17.1. The first-order valence-electron chi connectivity index (χ1n) is 13.2. The topological polar surface area (TPSA) is 101 Å². The molecule has 0 spiro atoms. The summed E-state index contributed by atoms with van der Waals surface area (Å²) in [6, 6.07) is 0. The van der Waals surface area contributed by atoms with Gasteiger partial charge in [-0.2, -0.15) is 0 Å². The number of hydrogen-bond acceptors (Lipinski definition) is 7. The van der Waals surface area contributed by atoms with E-state index in [4.69, 9.17) is 23.4 Å². The van der Waals surface area contributed by atoms with Crippen molar-refractivity contribution >= 4 is 20.1 Å². The Labute approximate surface area is 222 Å². The summed E-state index contributed by atoms with van der Waals surface area (Å²) < 4.78 is 30.8. The Kier molecular flexibility index (Phi) is 8.69. The standard InChI is InChI=1S/C28H46O8Si/c1-19-21(27(24(30)31)15-11-20(29)12-16-27)22(34-17-32-6)23(36-37(8,9)25(2,3)4)26(5)13-10-14-28(19,26)35-18-33-7/h10,13,21-23H,1,11-12,14-18H2,2-9H3,(H,30,31)/t21-,22-,23+,26-,28+/m1/s1. The number of ether oxygens (including phenoxy) is 4. The minimum atomic E-state index is -2.38. The lowest BCUT2D eigenvalue weighted by Gasteiger charge is -2.62. The van der Waals surface area contributed by atoms with E-state index in [0.717, 1.165) is 0 Å². The Morgan fingerprint density at radius 2 is 1.76 bits per heavy atom. The van der Waals surface area contributed by atoms with E-state index >= 15 is 0 Å². The van der Waals surface area contributed by atoms with Crippen LogP contribution in [0.2, 0.25) is 18.1 Å². The smallest absolute Gasteiger partial charge is 0.310 e. The molecule has 0 amide bonds. The summed E-state index contributed by atoms with van der Waals surface area (Å²) in [5.41, 5.74) is -2.23. The quantitative estimate of drug-likeness (QED) is 0.233. The van der Waals surface area contributed by atoms with Crippen molar-refractivity contribution in [1.29, 1.82) is 0 Å². The van der Waals surface area contributed by atoms with Gasteiger partial charge in [0.05, 0.1) is 17.6 Å². The molecular weight excluding hydrogens is 492 g/mol. The van der Waals surface area contributed by atoms with E-state index < -0.39 is 48.8 Å². The second-order valence-corrected chi connectivity index (χ2v) is 17.4. The van der Waals surface area contributed by atoms with Crippen LogP contribution in [0.25, 0.3) is 0 Å². The predicted octanol–water partition coefficient (Wildman–Crippen LogP) is 5.09. The van der Waals surface area contributed by atoms with Crippen molar-refractivity contribution in [2.24, 2.45) is 16.7 Å². The van der Waals surface area contributed by atoms with Gasteiger partial charge >= 0.3 is 5.97 Å². The molecule has 1 N–H and O–H groups in total. The molecule has 0 aromatic carbocycles. The van der Waals surface area contributed by atoms with Gasteiger partial charge in [0.15, 0.2) is 8.32 Å². The van der Waals surface area contributed by atoms with Gasteiger partial charge in [-0.1, -0.05) is 46.4 Å². The Morgan fingerprint density at radius 1 is 1.16 bits per heavy atom. The molecule has 2 fully saturated rings. The van der Waals surface area contributed by atoms with Crippen LogP contribution in [-0.2, 0) is 33.0 Å². The van der Waals surface area contributed by atoms with Crippen molar-refractivity contribution in [3.8, 4) is 0 Å². The van der Waals surface area contributed by atoms with Gasteiger partial charge in [-0.05, 0) is 43.0 Å². The van der Waals surface area contributed by atoms with E-state index in [9.17, 15) is 14.7 Å². The maximum Gasteiger partial charge on any atom is 0.310 e. The summed E-state index contributed by atoms with van der Waals surface area (Å²) in [4.78, 5) is 25.4. The maximum absolute atomic E-state index is 13.1. The lowest BCUT2D eigenvalue weighted by molar-refractivity contribution is -0.241. The molecule has 0 heterocycles. The fraction of sp³-hybridized carbons (Fsp3) is 0.786. The first-order valence-corrected chi connectivity index (χ1v) is 16.1. The van der Waals surface area contributed by atoms with Crippen molar-refractivity contribution in [3.05, 3.63) is 24.3 Å². The number of aliphatic carboxylic acids is 1. The Hall–Kier alpha value is -1.36. The molecule has 8 nitrogen and oxygen atoms in total. The van der Waals surface area contributed by atoms with E-state index in [-0.39, 0.29) is 50.1 Å². The summed E-state index contributed by atoms with van der Waals surface area (Å²) in [7, 11) is 0.735. The minimum Gasteiger partial charge on any atom is -0.481 e. The van der Waals surface area contributed by atoms with Crippen LogP contribution < -0.4 is 0 Å². The number of rotatable bonds is 10. The zero-order valence-electron chi connectivity index (χ0n) is 23.8. The van der Waals surface area contributed by atoms with Crippen LogP contribution in [0.4, 0.5) is 0 Å². The Balaban J connectivity index is 2.27. The van der Waals surface area contributed by atoms with Crippen LogP contribution in [0.1, 0.15) is 59.8 Å². The highest BCUT2D eigenvalue weighted by atomic mass is 28.4. The van der Waals surface area contributed by atoms with Crippen molar-refractivity contribution in [2.75, 3.05) is 27.8 Å². The van der Waals surface area contributed by atoms with Crippen LogP contribution in [0, 0.1) is 16.7 Å². The Bertz CT molecular complexity index is 912. The van der Waals surface area contributed by atoms with Crippen LogP contribution in [0.3, 0.4) is 0 Å².